The Hall–Kier alpha value is -0.100. The van der Waals surface area contributed by atoms with Gasteiger partial charge in [0.15, 0.2) is 0 Å². The van der Waals surface area contributed by atoms with Crippen LogP contribution in [0.4, 0.5) is 0 Å². The lowest BCUT2D eigenvalue weighted by Gasteiger charge is -2.30. The van der Waals surface area contributed by atoms with E-state index in [1.807, 2.05) is 7.05 Å². The van der Waals surface area contributed by atoms with Gasteiger partial charge in [-0.25, -0.2) is 0 Å². The first-order valence-corrected chi connectivity index (χ1v) is 6.52. The molecule has 1 aliphatic heterocycles. The molecular weight excluding hydrogens is 312 g/mol. The highest BCUT2D eigenvalue weighted by molar-refractivity contribution is 9.11. The molecule has 1 aromatic rings. The van der Waals surface area contributed by atoms with Crippen LogP contribution in [0.1, 0.15) is 5.56 Å². The fourth-order valence-corrected chi connectivity index (χ4v) is 2.76. The van der Waals surface area contributed by atoms with Crippen molar-refractivity contribution < 1.29 is 4.79 Å². The van der Waals surface area contributed by atoms with Crippen molar-refractivity contribution in [1.82, 2.24) is 10.2 Å². The van der Waals surface area contributed by atoms with Crippen LogP contribution >= 0.6 is 39.7 Å². The lowest BCUT2D eigenvalue weighted by Crippen LogP contribution is -2.50. The highest BCUT2D eigenvalue weighted by atomic mass is 79.9. The molecule has 90 valence electrons. The third-order valence-corrected chi connectivity index (χ3v) is 4.10. The van der Waals surface area contributed by atoms with Crippen molar-refractivity contribution >= 4 is 45.6 Å². The van der Waals surface area contributed by atoms with Crippen LogP contribution in [-0.2, 0) is 11.3 Å². The molecule has 16 heavy (non-hydrogen) atoms. The van der Waals surface area contributed by atoms with Crippen molar-refractivity contribution in [2.24, 2.45) is 5.92 Å². The summed E-state index contributed by atoms with van der Waals surface area (Å²) in [7, 11) is 1.87. The Bertz CT molecular complexity index is 367. The van der Waals surface area contributed by atoms with Crippen molar-refractivity contribution in [3.63, 3.8) is 0 Å². The number of carbonyl (C=O) groups excluding carboxylic acids is 1. The van der Waals surface area contributed by atoms with Gasteiger partial charge in [-0.3, -0.25) is 4.79 Å². The molecule has 0 saturated carbocycles. The van der Waals surface area contributed by atoms with E-state index in [2.05, 4.69) is 32.7 Å². The van der Waals surface area contributed by atoms with Crippen LogP contribution in [0.25, 0.3) is 0 Å². The summed E-state index contributed by atoms with van der Waals surface area (Å²) >= 11 is 5.07. The standard InChI is InChI=1S/C10H13BrN2OS.ClH/c1-13(10(14)8-3-12-4-8)5-7-2-9(11)15-6-7;/h2,6,8,12H,3-5H2,1H3;1H. The minimum absolute atomic E-state index is 0. The van der Waals surface area contributed by atoms with Crippen molar-refractivity contribution in [3.05, 3.63) is 20.8 Å². The predicted molar refractivity (Wildman–Crippen MR) is 72.1 cm³/mol. The van der Waals surface area contributed by atoms with E-state index in [1.165, 1.54) is 5.56 Å². The van der Waals surface area contributed by atoms with E-state index >= 15 is 0 Å². The zero-order chi connectivity index (χ0) is 10.8. The SMILES string of the molecule is CN(Cc1csc(Br)c1)C(=O)C1CNC1.Cl. The van der Waals surface area contributed by atoms with Gasteiger partial charge in [0, 0.05) is 26.7 Å². The Labute approximate surface area is 114 Å². The number of hydrogen-bond acceptors (Lipinski definition) is 3. The van der Waals surface area contributed by atoms with E-state index in [0.29, 0.717) is 6.54 Å². The average Bonchev–Trinajstić information content (AvgIpc) is 2.48. The average molecular weight is 326 g/mol. The molecule has 3 nitrogen and oxygen atoms in total. The van der Waals surface area contributed by atoms with Crippen LogP contribution < -0.4 is 5.32 Å². The van der Waals surface area contributed by atoms with Gasteiger partial charge in [-0.1, -0.05) is 0 Å². The number of carbonyl (C=O) groups is 1. The van der Waals surface area contributed by atoms with Crippen LogP contribution in [0.5, 0.6) is 0 Å². The summed E-state index contributed by atoms with van der Waals surface area (Å²) in [6.07, 6.45) is 0. The van der Waals surface area contributed by atoms with Gasteiger partial charge < -0.3 is 10.2 Å². The minimum Gasteiger partial charge on any atom is -0.341 e. The van der Waals surface area contributed by atoms with E-state index in [9.17, 15) is 4.79 Å². The predicted octanol–water partition coefficient (Wildman–Crippen LogP) is 2.11. The van der Waals surface area contributed by atoms with Crippen molar-refractivity contribution in [2.45, 2.75) is 6.54 Å². The summed E-state index contributed by atoms with van der Waals surface area (Å²) in [5, 5.41) is 5.19. The van der Waals surface area contributed by atoms with E-state index in [0.717, 1.165) is 16.9 Å². The van der Waals surface area contributed by atoms with Gasteiger partial charge in [0.25, 0.3) is 0 Å². The van der Waals surface area contributed by atoms with Gasteiger partial charge in [0.1, 0.15) is 0 Å². The number of nitrogens with one attached hydrogen (secondary N) is 1. The molecule has 1 fully saturated rings. The van der Waals surface area contributed by atoms with Crippen molar-refractivity contribution in [3.8, 4) is 0 Å². The zero-order valence-electron chi connectivity index (χ0n) is 8.90. The quantitative estimate of drug-likeness (QED) is 0.923. The van der Waals surface area contributed by atoms with Gasteiger partial charge in [-0.15, -0.1) is 23.7 Å². The van der Waals surface area contributed by atoms with Crippen molar-refractivity contribution in [2.75, 3.05) is 20.1 Å². The highest BCUT2D eigenvalue weighted by Crippen LogP contribution is 2.22. The smallest absolute Gasteiger partial charge is 0.228 e. The number of thiophene rings is 1. The topological polar surface area (TPSA) is 32.3 Å². The maximum Gasteiger partial charge on any atom is 0.228 e. The van der Waals surface area contributed by atoms with E-state index in [-0.39, 0.29) is 24.2 Å². The third kappa shape index (κ3) is 3.20. The molecule has 0 spiro atoms. The first-order valence-electron chi connectivity index (χ1n) is 4.85. The molecule has 0 atom stereocenters. The fourth-order valence-electron chi connectivity index (χ4n) is 1.56. The first-order chi connectivity index (χ1) is 7.16. The second-order valence-corrected chi connectivity index (χ2v) is 6.10. The van der Waals surface area contributed by atoms with Gasteiger partial charge in [-0.05, 0) is 32.9 Å². The normalized spacial score (nSPS) is 15.1. The van der Waals surface area contributed by atoms with Gasteiger partial charge in [0.2, 0.25) is 5.91 Å². The van der Waals surface area contributed by atoms with E-state index in [4.69, 9.17) is 0 Å². The number of rotatable bonds is 3. The molecule has 1 saturated heterocycles. The lowest BCUT2D eigenvalue weighted by molar-refractivity contribution is -0.136. The van der Waals surface area contributed by atoms with Gasteiger partial charge >= 0.3 is 0 Å². The molecule has 0 bridgehead atoms. The zero-order valence-corrected chi connectivity index (χ0v) is 12.1. The van der Waals surface area contributed by atoms with Gasteiger partial charge in [-0.2, -0.15) is 0 Å². The summed E-state index contributed by atoms with van der Waals surface area (Å²) in [4.78, 5) is 13.6. The molecular formula is C10H14BrClN2OS. The second kappa shape index (κ2) is 6.00. The number of amides is 1. The monoisotopic (exact) mass is 324 g/mol. The van der Waals surface area contributed by atoms with Crippen LogP contribution in [0.2, 0.25) is 0 Å². The van der Waals surface area contributed by atoms with Gasteiger partial charge in [0.05, 0.1) is 9.70 Å². The molecule has 2 rings (SSSR count). The maximum absolute atomic E-state index is 11.8. The van der Waals surface area contributed by atoms with Crippen LogP contribution in [-0.4, -0.2) is 30.9 Å². The Morgan fingerprint density at radius 3 is 2.81 bits per heavy atom. The molecule has 0 unspecified atom stereocenters. The highest BCUT2D eigenvalue weighted by Gasteiger charge is 2.27. The molecule has 0 aliphatic carbocycles. The summed E-state index contributed by atoms with van der Waals surface area (Å²) in [6, 6.07) is 2.06. The maximum atomic E-state index is 11.8. The number of hydrogen-bond donors (Lipinski definition) is 1. The van der Waals surface area contributed by atoms with Crippen molar-refractivity contribution in [1.29, 1.82) is 0 Å². The van der Waals surface area contributed by atoms with Crippen LogP contribution in [0.3, 0.4) is 0 Å². The summed E-state index contributed by atoms with van der Waals surface area (Å²) in [5.74, 6) is 0.438. The third-order valence-electron chi connectivity index (χ3n) is 2.55. The van der Waals surface area contributed by atoms with E-state index < -0.39 is 0 Å². The Morgan fingerprint density at radius 1 is 1.69 bits per heavy atom. The Morgan fingerprint density at radius 2 is 2.38 bits per heavy atom. The molecule has 0 aromatic carbocycles. The summed E-state index contributed by atoms with van der Waals surface area (Å²) in [6.45, 7) is 2.37. The lowest BCUT2D eigenvalue weighted by atomic mass is 10.0. The molecule has 1 N–H and O–H groups in total. The molecule has 6 heteroatoms. The van der Waals surface area contributed by atoms with E-state index in [1.54, 1.807) is 16.2 Å². The number of nitrogens with zero attached hydrogens (tertiary/aromatic N) is 1. The largest absolute Gasteiger partial charge is 0.341 e. The first kappa shape index (κ1) is 14.0. The summed E-state index contributed by atoms with van der Waals surface area (Å²) < 4.78 is 1.11. The molecule has 2 heterocycles. The van der Waals surface area contributed by atoms with Crippen LogP contribution in [0, 0.1) is 5.92 Å². The fraction of sp³-hybridized carbons (Fsp3) is 0.500. The molecule has 1 aromatic heterocycles. The molecule has 0 radical (unpaired) electrons. The number of halogens is 2. The Kier molecular flexibility index (Phi) is 5.24. The van der Waals surface area contributed by atoms with Crippen LogP contribution in [0.15, 0.2) is 15.2 Å². The molecule has 1 amide bonds. The minimum atomic E-state index is 0. The molecule has 1 aliphatic rings. The second-order valence-electron chi connectivity index (χ2n) is 3.81. The Balaban J connectivity index is 0.00000128. The summed E-state index contributed by atoms with van der Waals surface area (Å²) in [5.41, 5.74) is 1.19.